The molecule has 0 radical (unpaired) electrons. The minimum Gasteiger partial charge on any atom is -0.179 e. The van der Waals surface area contributed by atoms with Crippen LogP contribution in [0, 0.1) is 0 Å². The van der Waals surface area contributed by atoms with Crippen LogP contribution < -0.4 is 0 Å². The van der Waals surface area contributed by atoms with Gasteiger partial charge in [0.2, 0.25) is 0 Å². The van der Waals surface area contributed by atoms with Crippen molar-refractivity contribution >= 4 is 135 Å². The predicted octanol–water partition coefficient (Wildman–Crippen LogP) is 7.35. The van der Waals surface area contributed by atoms with E-state index in [0.717, 1.165) is 69.0 Å². The lowest BCUT2D eigenvalue weighted by atomic mass is 10.3. The summed E-state index contributed by atoms with van der Waals surface area (Å²) < 4.78 is 0. The van der Waals surface area contributed by atoms with Gasteiger partial charge in [-0.3, -0.25) is 0 Å². The van der Waals surface area contributed by atoms with Crippen molar-refractivity contribution in [1.82, 2.24) is 0 Å². The molecule has 0 aliphatic carbocycles. The van der Waals surface area contributed by atoms with E-state index in [0.29, 0.717) is 0 Å². The zero-order chi connectivity index (χ0) is 21.7. The lowest BCUT2D eigenvalue weighted by Gasteiger charge is -2.15. The highest BCUT2D eigenvalue weighted by molar-refractivity contribution is 8.04. The highest BCUT2D eigenvalue weighted by Crippen LogP contribution is 2.40. The van der Waals surface area contributed by atoms with Crippen LogP contribution in [0.25, 0.3) is 0 Å². The van der Waals surface area contributed by atoms with E-state index in [1.165, 1.54) is 19.6 Å². The summed E-state index contributed by atoms with van der Waals surface area (Å²) in [4.78, 5) is 5.49. The van der Waals surface area contributed by atoms with Crippen molar-refractivity contribution in [1.29, 1.82) is 0 Å². The smallest absolute Gasteiger partial charge is 0.0220 e. The van der Waals surface area contributed by atoms with Crippen LogP contribution in [0.4, 0.5) is 0 Å². The molecule has 0 heterocycles. The third kappa shape index (κ3) is 17.2. The van der Waals surface area contributed by atoms with Gasteiger partial charge >= 0.3 is 0 Å². The highest BCUT2D eigenvalue weighted by atomic mass is 32.2. The summed E-state index contributed by atoms with van der Waals surface area (Å²) in [5.41, 5.74) is 0. The number of hydrogen-bond donors (Lipinski definition) is 6. The van der Waals surface area contributed by atoms with Gasteiger partial charge in [0.25, 0.3) is 0 Å². The molecule has 0 bridgehead atoms. The lowest BCUT2D eigenvalue weighted by molar-refractivity contribution is 1.09. The van der Waals surface area contributed by atoms with Crippen LogP contribution in [-0.2, 0) is 0 Å². The largest absolute Gasteiger partial charge is 0.179 e. The fourth-order valence-electron chi connectivity index (χ4n) is 1.83. The van der Waals surface area contributed by atoms with Crippen LogP contribution in [-0.4, -0.2) is 69.0 Å². The number of thioether (sulfide) groups is 5. The molecule has 0 amide bonds. The van der Waals surface area contributed by atoms with E-state index in [1.807, 2.05) is 58.8 Å². The molecule has 0 spiro atoms. The minimum absolute atomic E-state index is 0.899. The van der Waals surface area contributed by atoms with Crippen molar-refractivity contribution in [3.05, 3.63) is 12.1 Å². The first kappa shape index (κ1) is 32.1. The quantitative estimate of drug-likeness (QED) is 0.0665. The summed E-state index contributed by atoms with van der Waals surface area (Å²) in [5.74, 6) is 12.0. The van der Waals surface area contributed by atoms with Gasteiger partial charge in [-0.1, -0.05) is 0 Å². The van der Waals surface area contributed by atoms with Gasteiger partial charge in [-0.2, -0.15) is 87.5 Å². The standard InChI is InChI=1S/C14H22S8.C4H10S3/c15-1-5-19-11-9-13(21-7-3-17)14(22-8-4-18)10-12(11)20-6-2-16;5-1-3-7-4-2-6/h9-10,15-18H,1-8H2;5-6H,1-4H2. The molecule has 0 nitrogen and oxygen atoms in total. The Balaban J connectivity index is 0.000000956. The Morgan fingerprint density at radius 1 is 0.414 bits per heavy atom. The molecule has 0 saturated carbocycles. The fraction of sp³-hybridized carbons (Fsp3) is 0.667. The van der Waals surface area contributed by atoms with Crippen LogP contribution in [0.15, 0.2) is 31.7 Å². The minimum atomic E-state index is 0.899. The van der Waals surface area contributed by atoms with E-state index in [9.17, 15) is 0 Å². The molecule has 29 heavy (non-hydrogen) atoms. The molecular weight excluding hydrogens is 569 g/mol. The van der Waals surface area contributed by atoms with E-state index < -0.39 is 0 Å². The lowest BCUT2D eigenvalue weighted by Crippen LogP contribution is -1.92. The summed E-state index contributed by atoms with van der Waals surface area (Å²) in [5, 5.41) is 0. The first-order valence-electron chi connectivity index (χ1n) is 9.10. The Kier molecular flexibility index (Phi) is 26.8. The maximum Gasteiger partial charge on any atom is 0.0220 e. The van der Waals surface area contributed by atoms with E-state index in [1.54, 1.807) is 0 Å². The van der Waals surface area contributed by atoms with Gasteiger partial charge in [-0.25, -0.2) is 0 Å². The Bertz CT molecular complexity index is 421. The van der Waals surface area contributed by atoms with E-state index in [4.69, 9.17) is 0 Å². The molecule has 0 aliphatic rings. The molecule has 170 valence electrons. The van der Waals surface area contributed by atoms with E-state index in [2.05, 4.69) is 87.9 Å². The van der Waals surface area contributed by atoms with E-state index >= 15 is 0 Å². The highest BCUT2D eigenvalue weighted by Gasteiger charge is 2.12. The van der Waals surface area contributed by atoms with Crippen LogP contribution in [0.1, 0.15) is 0 Å². The average molecular weight is 601 g/mol. The number of rotatable bonds is 16. The van der Waals surface area contributed by atoms with Gasteiger partial charge in [0.05, 0.1) is 0 Å². The molecule has 0 N–H and O–H groups in total. The number of thiol groups is 6. The van der Waals surface area contributed by atoms with Crippen molar-refractivity contribution in [2.75, 3.05) is 69.0 Å². The molecule has 11 heteroatoms. The van der Waals surface area contributed by atoms with Crippen LogP contribution in [0.2, 0.25) is 0 Å². The maximum absolute atomic E-state index is 4.34. The first-order chi connectivity index (χ1) is 14.2. The molecule has 0 unspecified atom stereocenters. The predicted molar refractivity (Wildman–Crippen MR) is 170 cm³/mol. The first-order valence-corrected chi connectivity index (χ1v) is 18.0. The Morgan fingerprint density at radius 3 is 0.862 bits per heavy atom. The van der Waals surface area contributed by atoms with Gasteiger partial charge in [0.1, 0.15) is 0 Å². The topological polar surface area (TPSA) is 0 Å². The van der Waals surface area contributed by atoms with Crippen molar-refractivity contribution in [2.45, 2.75) is 19.6 Å². The SMILES string of the molecule is SCCSCCS.SCCSc1cc(SCCS)c(SCCS)cc1SCCS. The molecule has 0 fully saturated rings. The zero-order valence-electron chi connectivity index (χ0n) is 16.4. The van der Waals surface area contributed by atoms with Crippen molar-refractivity contribution in [3.63, 3.8) is 0 Å². The molecule has 1 aromatic rings. The van der Waals surface area contributed by atoms with Crippen LogP contribution in [0.5, 0.6) is 0 Å². The molecule has 1 rings (SSSR count). The fourth-order valence-corrected chi connectivity index (χ4v) is 7.87. The normalized spacial score (nSPS) is 10.7. The summed E-state index contributed by atoms with van der Waals surface area (Å²) in [7, 11) is 0. The zero-order valence-corrected chi connectivity index (χ0v) is 25.8. The second-order valence-corrected chi connectivity index (χ2v) is 13.5. The Morgan fingerprint density at radius 2 is 0.655 bits per heavy atom. The van der Waals surface area contributed by atoms with Crippen molar-refractivity contribution in [3.8, 4) is 0 Å². The molecule has 0 saturated heterocycles. The summed E-state index contributed by atoms with van der Waals surface area (Å²) >= 11 is 34.9. The van der Waals surface area contributed by atoms with Gasteiger partial charge in [-0.05, 0) is 46.6 Å². The van der Waals surface area contributed by atoms with Gasteiger partial charge < -0.3 is 0 Å². The molecule has 0 aliphatic heterocycles. The molecule has 0 aromatic heterocycles. The number of hydrogen-bond acceptors (Lipinski definition) is 11. The maximum atomic E-state index is 4.34. The van der Waals surface area contributed by atoms with Gasteiger partial charge in [-0.15, -0.1) is 47.0 Å². The third-order valence-corrected chi connectivity index (χ3v) is 11.5. The Hall–Kier alpha value is 3.07. The van der Waals surface area contributed by atoms with Gasteiger partial charge in [0.15, 0.2) is 0 Å². The third-order valence-electron chi connectivity index (χ3n) is 2.88. The van der Waals surface area contributed by atoms with Crippen LogP contribution in [0.3, 0.4) is 0 Å². The monoisotopic (exact) mass is 600 g/mol. The summed E-state index contributed by atoms with van der Waals surface area (Å²) in [6.45, 7) is 0. The summed E-state index contributed by atoms with van der Waals surface area (Å²) in [6, 6.07) is 4.70. The average Bonchev–Trinajstić information content (AvgIpc) is 2.74. The second-order valence-electron chi connectivity index (χ2n) is 5.09. The van der Waals surface area contributed by atoms with Crippen LogP contribution >= 0.6 is 135 Å². The van der Waals surface area contributed by atoms with Crippen molar-refractivity contribution in [2.24, 2.45) is 0 Å². The summed E-state index contributed by atoms with van der Waals surface area (Å²) in [6.07, 6.45) is 0. The molecule has 1 aromatic carbocycles. The molecular formula is C18H32S11. The molecule has 0 atom stereocenters. The second kappa shape index (κ2) is 24.2. The number of benzene rings is 1. The van der Waals surface area contributed by atoms with Gasteiger partial charge in [0, 0.05) is 54.1 Å². The van der Waals surface area contributed by atoms with E-state index in [-0.39, 0.29) is 0 Å². The Labute approximate surface area is 232 Å². The van der Waals surface area contributed by atoms with Crippen molar-refractivity contribution < 1.29 is 0 Å².